The van der Waals surface area contributed by atoms with Crippen LogP contribution in [0, 0.1) is 41.4 Å². The number of allylic oxidation sites excluding steroid dienone is 2. The maximum atomic E-state index is 14.0. The van der Waals surface area contributed by atoms with Gasteiger partial charge in [0.25, 0.3) is 0 Å². The number of alkyl halides is 1. The third-order valence-electron chi connectivity index (χ3n) is 11.6. The van der Waals surface area contributed by atoms with Crippen LogP contribution in [-0.4, -0.2) is 92.6 Å². The standard InChI is InChI=1S/C34H53ClO9/c1-8-19-10-9-11-26(36)16(2)30(38)25-14-22-21-12-20(44-34-33(41-7)32(40-6)31(39-5)18(4)42-34)13-24(21)29(35)17(3)28(22)23(25)15-27(37)43-19/h14,16-24,26,28-29,31-34,36H,8-13,15H2,1-7H3/t16-,17?,18?,19+,20+,21+,22?,23-,24-,26+,28-,29?,31?,32?,33?,34?/m1/s1. The molecule has 3 aliphatic carbocycles. The van der Waals surface area contributed by atoms with E-state index in [1.807, 2.05) is 20.8 Å². The highest BCUT2D eigenvalue weighted by Crippen LogP contribution is 2.60. The summed E-state index contributed by atoms with van der Waals surface area (Å²) in [4.78, 5) is 27.3. The Morgan fingerprint density at radius 1 is 0.977 bits per heavy atom. The summed E-state index contributed by atoms with van der Waals surface area (Å²) in [6.07, 6.45) is 3.49. The van der Waals surface area contributed by atoms with Crippen molar-refractivity contribution in [1.82, 2.24) is 0 Å². The van der Waals surface area contributed by atoms with Crippen molar-refractivity contribution in [2.45, 2.75) is 127 Å². The van der Waals surface area contributed by atoms with Crippen molar-refractivity contribution >= 4 is 23.4 Å². The molecule has 5 aliphatic rings. The van der Waals surface area contributed by atoms with Gasteiger partial charge in [-0.3, -0.25) is 9.59 Å². The molecule has 8 unspecified atom stereocenters. The topological polar surface area (TPSA) is 110 Å². The van der Waals surface area contributed by atoms with Crippen LogP contribution >= 0.6 is 11.6 Å². The predicted molar refractivity (Wildman–Crippen MR) is 164 cm³/mol. The normalized spacial score (nSPS) is 48.3. The average Bonchev–Trinajstić information content (AvgIpc) is 3.59. The van der Waals surface area contributed by atoms with Crippen LogP contribution in [0.25, 0.3) is 0 Å². The number of aliphatic hydroxyl groups excluding tert-OH is 1. The number of aliphatic hydroxyl groups is 1. The quantitative estimate of drug-likeness (QED) is 0.326. The summed E-state index contributed by atoms with van der Waals surface area (Å²) in [5.41, 5.74) is 0.676. The lowest BCUT2D eigenvalue weighted by molar-refractivity contribution is -0.314. The molecule has 250 valence electrons. The second-order valence-corrected chi connectivity index (χ2v) is 14.4. The van der Waals surface area contributed by atoms with Gasteiger partial charge in [-0.1, -0.05) is 26.8 Å². The van der Waals surface area contributed by atoms with Crippen LogP contribution in [0.1, 0.15) is 72.6 Å². The van der Waals surface area contributed by atoms with Crippen molar-refractivity contribution in [3.63, 3.8) is 0 Å². The molecule has 10 heteroatoms. The molecule has 2 heterocycles. The predicted octanol–water partition coefficient (Wildman–Crippen LogP) is 4.70. The van der Waals surface area contributed by atoms with Gasteiger partial charge in [-0.25, -0.2) is 0 Å². The van der Waals surface area contributed by atoms with Gasteiger partial charge >= 0.3 is 5.97 Å². The number of rotatable bonds is 6. The monoisotopic (exact) mass is 640 g/mol. The van der Waals surface area contributed by atoms with E-state index in [1.54, 1.807) is 21.3 Å². The Balaban J connectivity index is 1.40. The Morgan fingerprint density at radius 3 is 2.32 bits per heavy atom. The van der Waals surface area contributed by atoms with E-state index >= 15 is 0 Å². The maximum absolute atomic E-state index is 14.0. The van der Waals surface area contributed by atoms with Gasteiger partial charge in [0.1, 0.15) is 24.4 Å². The van der Waals surface area contributed by atoms with Gasteiger partial charge in [0.05, 0.1) is 24.7 Å². The molecule has 0 spiro atoms. The molecule has 2 saturated carbocycles. The van der Waals surface area contributed by atoms with Crippen LogP contribution < -0.4 is 0 Å². The molecule has 2 saturated heterocycles. The van der Waals surface area contributed by atoms with Crippen molar-refractivity contribution in [2.75, 3.05) is 21.3 Å². The molecule has 0 radical (unpaired) electrons. The summed E-state index contributed by atoms with van der Waals surface area (Å²) in [5, 5.41) is 10.8. The smallest absolute Gasteiger partial charge is 0.306 e. The summed E-state index contributed by atoms with van der Waals surface area (Å²) >= 11 is 7.27. The van der Waals surface area contributed by atoms with Gasteiger partial charge in [-0.2, -0.15) is 0 Å². The van der Waals surface area contributed by atoms with E-state index in [0.717, 1.165) is 19.3 Å². The fourth-order valence-corrected chi connectivity index (χ4v) is 9.70. The minimum Gasteiger partial charge on any atom is -0.462 e. The fourth-order valence-electron chi connectivity index (χ4n) is 9.25. The number of carbonyl (C=O) groups excluding carboxylic acids is 2. The number of cyclic esters (lactones) is 1. The molecule has 2 aliphatic heterocycles. The highest BCUT2D eigenvalue weighted by molar-refractivity contribution is 6.21. The summed E-state index contributed by atoms with van der Waals surface area (Å²) in [5.74, 6) is -0.528. The third-order valence-corrected chi connectivity index (χ3v) is 12.3. The van der Waals surface area contributed by atoms with Crippen molar-refractivity contribution in [1.29, 1.82) is 0 Å². The van der Waals surface area contributed by atoms with E-state index in [-0.39, 0.29) is 89.6 Å². The highest BCUT2D eigenvalue weighted by Gasteiger charge is 2.58. The van der Waals surface area contributed by atoms with Gasteiger partial charge < -0.3 is 33.5 Å². The molecular formula is C34H53ClO9. The molecule has 5 rings (SSSR count). The van der Waals surface area contributed by atoms with Crippen molar-refractivity contribution in [3.8, 4) is 0 Å². The Hall–Kier alpha value is -1.07. The first-order valence-corrected chi connectivity index (χ1v) is 17.1. The number of hydrogen-bond donors (Lipinski definition) is 1. The Bertz CT molecular complexity index is 1050. The number of carbonyl (C=O) groups is 2. The minimum absolute atomic E-state index is 0.0365. The first-order chi connectivity index (χ1) is 21.0. The Morgan fingerprint density at radius 2 is 1.66 bits per heavy atom. The van der Waals surface area contributed by atoms with E-state index in [2.05, 4.69) is 13.0 Å². The van der Waals surface area contributed by atoms with Gasteiger partial charge in [0.15, 0.2) is 12.1 Å². The maximum Gasteiger partial charge on any atom is 0.306 e. The van der Waals surface area contributed by atoms with Crippen LogP contribution in [0.4, 0.5) is 0 Å². The zero-order valence-electron chi connectivity index (χ0n) is 27.4. The molecule has 0 aromatic heterocycles. The largest absolute Gasteiger partial charge is 0.462 e. The Labute approximate surface area is 267 Å². The van der Waals surface area contributed by atoms with E-state index in [9.17, 15) is 14.7 Å². The zero-order chi connectivity index (χ0) is 31.9. The van der Waals surface area contributed by atoms with Crippen molar-refractivity contribution in [3.05, 3.63) is 11.6 Å². The molecule has 16 atom stereocenters. The molecule has 0 aromatic rings. The van der Waals surface area contributed by atoms with E-state index in [0.29, 0.717) is 24.8 Å². The van der Waals surface area contributed by atoms with Crippen LogP contribution in [0.5, 0.6) is 0 Å². The molecule has 1 N–H and O–H groups in total. The number of esters is 1. The van der Waals surface area contributed by atoms with Crippen LogP contribution in [0.2, 0.25) is 0 Å². The SMILES string of the molecule is CC[C@H]1CCC[C@H](O)[C@@H](C)C(=O)C2=CC3[C@@H](C(C)C(Cl)[C@@H]4C[C@@H](OC5OC(C)C(OC)C(OC)C5OC)C[C@@H]34)[C@@H]2CC(=O)O1. The summed E-state index contributed by atoms with van der Waals surface area (Å²) in [7, 11) is 4.91. The van der Waals surface area contributed by atoms with Gasteiger partial charge in [0, 0.05) is 38.5 Å². The first kappa shape index (κ1) is 34.3. The Kier molecular flexibility index (Phi) is 11.2. The number of ketones is 1. The molecule has 0 amide bonds. The summed E-state index contributed by atoms with van der Waals surface area (Å²) in [6.45, 7) is 7.95. The summed E-state index contributed by atoms with van der Waals surface area (Å²) < 4.78 is 36.1. The number of ether oxygens (including phenoxy) is 6. The molecule has 44 heavy (non-hydrogen) atoms. The van der Waals surface area contributed by atoms with Crippen LogP contribution in [-0.2, 0) is 38.0 Å². The lowest BCUT2D eigenvalue weighted by Crippen LogP contribution is -2.59. The number of hydrogen-bond acceptors (Lipinski definition) is 9. The van der Waals surface area contributed by atoms with E-state index < -0.39 is 24.4 Å². The molecular weight excluding hydrogens is 588 g/mol. The second-order valence-electron chi connectivity index (χ2n) is 13.9. The number of fused-ring (bicyclic) bond motifs is 5. The van der Waals surface area contributed by atoms with E-state index in [4.69, 9.17) is 40.0 Å². The molecule has 9 nitrogen and oxygen atoms in total. The van der Waals surface area contributed by atoms with Gasteiger partial charge in [-0.05, 0) is 80.6 Å². The average molecular weight is 641 g/mol. The second kappa shape index (κ2) is 14.4. The molecule has 0 aromatic carbocycles. The summed E-state index contributed by atoms with van der Waals surface area (Å²) in [6, 6.07) is 0. The lowest BCUT2D eigenvalue weighted by Gasteiger charge is -2.46. The van der Waals surface area contributed by atoms with Crippen LogP contribution in [0.15, 0.2) is 11.6 Å². The zero-order valence-corrected chi connectivity index (χ0v) is 28.1. The van der Waals surface area contributed by atoms with E-state index in [1.165, 1.54) is 0 Å². The van der Waals surface area contributed by atoms with Crippen molar-refractivity contribution in [2.24, 2.45) is 41.4 Å². The minimum atomic E-state index is -0.727. The third kappa shape index (κ3) is 6.41. The number of methoxy groups -OCH3 is 3. The number of halogens is 1. The van der Waals surface area contributed by atoms with Crippen molar-refractivity contribution < 1.29 is 43.1 Å². The lowest BCUT2D eigenvalue weighted by atomic mass is 9.61. The number of Topliss-reactive ketones (excluding diaryl/α,β-unsaturated/α-hetero) is 1. The molecule has 0 bridgehead atoms. The van der Waals surface area contributed by atoms with Crippen LogP contribution in [0.3, 0.4) is 0 Å². The highest BCUT2D eigenvalue weighted by atomic mass is 35.5. The van der Waals surface area contributed by atoms with Gasteiger partial charge in [0.2, 0.25) is 0 Å². The van der Waals surface area contributed by atoms with Gasteiger partial charge in [-0.15, -0.1) is 11.6 Å². The first-order valence-electron chi connectivity index (χ1n) is 16.7. The fraction of sp³-hybridized carbons (Fsp3) is 0.882. The molecule has 4 fully saturated rings.